The predicted octanol–water partition coefficient (Wildman–Crippen LogP) is 3.22. The Kier molecular flexibility index (Phi) is 7.26. The van der Waals surface area contributed by atoms with E-state index < -0.39 is 0 Å². The van der Waals surface area contributed by atoms with E-state index >= 15 is 0 Å². The van der Waals surface area contributed by atoms with Gasteiger partial charge in [-0.2, -0.15) is 11.8 Å². The van der Waals surface area contributed by atoms with E-state index in [-0.39, 0.29) is 0 Å². The lowest BCUT2D eigenvalue weighted by Gasteiger charge is -2.25. The Hall–Kier alpha value is -1.00. The molecule has 1 N–H and O–H groups in total. The quantitative estimate of drug-likeness (QED) is 0.709. The zero-order chi connectivity index (χ0) is 15.8. The summed E-state index contributed by atoms with van der Waals surface area (Å²) in [6.45, 7) is 4.95. The molecule has 1 amide bonds. The number of likely N-dealkylation sites (tertiary alicyclic amines) is 1. The van der Waals surface area contributed by atoms with Crippen LogP contribution in [0.5, 0.6) is 0 Å². The van der Waals surface area contributed by atoms with Gasteiger partial charge in [-0.25, -0.2) is 0 Å². The van der Waals surface area contributed by atoms with Gasteiger partial charge in [-0.1, -0.05) is 29.8 Å². The van der Waals surface area contributed by atoms with Crippen LogP contribution in [-0.4, -0.2) is 41.9 Å². The number of thioether (sulfide) groups is 1. The van der Waals surface area contributed by atoms with Crippen LogP contribution in [0.4, 0.5) is 0 Å². The normalized spacial score (nSPS) is 18.2. The van der Waals surface area contributed by atoms with Gasteiger partial charge in [0, 0.05) is 25.6 Å². The molecule has 1 aromatic rings. The molecule has 0 unspecified atom stereocenters. The van der Waals surface area contributed by atoms with Gasteiger partial charge in [-0.15, -0.1) is 0 Å². The van der Waals surface area contributed by atoms with E-state index in [0.29, 0.717) is 11.9 Å². The average Bonchev–Trinajstić information content (AvgIpc) is 2.85. The van der Waals surface area contributed by atoms with Crippen molar-refractivity contribution < 1.29 is 4.79 Å². The number of aryl methyl sites for hydroxylation is 1. The van der Waals surface area contributed by atoms with Crippen LogP contribution in [0.25, 0.3) is 0 Å². The predicted molar refractivity (Wildman–Crippen MR) is 95.2 cm³/mol. The van der Waals surface area contributed by atoms with Crippen LogP contribution in [0.15, 0.2) is 24.3 Å². The number of amides is 1. The van der Waals surface area contributed by atoms with Crippen molar-refractivity contribution in [2.45, 2.75) is 45.2 Å². The van der Waals surface area contributed by atoms with Crippen LogP contribution in [0.3, 0.4) is 0 Å². The molecule has 1 aromatic carbocycles. The van der Waals surface area contributed by atoms with Gasteiger partial charge in [0.15, 0.2) is 0 Å². The second kappa shape index (κ2) is 9.21. The summed E-state index contributed by atoms with van der Waals surface area (Å²) >= 11 is 1.86. The molecule has 1 saturated heterocycles. The van der Waals surface area contributed by atoms with Crippen LogP contribution < -0.4 is 5.32 Å². The topological polar surface area (TPSA) is 32.3 Å². The first kappa shape index (κ1) is 17.4. The van der Waals surface area contributed by atoms with Crippen molar-refractivity contribution in [2.75, 3.05) is 25.1 Å². The summed E-state index contributed by atoms with van der Waals surface area (Å²) in [7, 11) is 0. The molecule has 0 spiro atoms. The Bertz CT molecular complexity index is 478. The van der Waals surface area contributed by atoms with E-state index in [0.717, 1.165) is 51.1 Å². The fraction of sp³-hybridized carbons (Fsp3) is 0.611. The number of hydrogen-bond donors (Lipinski definition) is 1. The van der Waals surface area contributed by atoms with Crippen molar-refractivity contribution in [2.24, 2.45) is 0 Å². The fourth-order valence-corrected chi connectivity index (χ4v) is 3.52. The van der Waals surface area contributed by atoms with Gasteiger partial charge in [0.2, 0.25) is 5.91 Å². The summed E-state index contributed by atoms with van der Waals surface area (Å²) in [6, 6.07) is 9.06. The van der Waals surface area contributed by atoms with E-state index in [2.05, 4.69) is 47.7 Å². The molecule has 4 heteroatoms. The van der Waals surface area contributed by atoms with Crippen molar-refractivity contribution in [1.82, 2.24) is 10.2 Å². The maximum Gasteiger partial charge on any atom is 0.222 e. The number of nitrogens with zero attached hydrogens (tertiary/aromatic N) is 1. The SMILES string of the molecule is CSCCCN1C(=O)CC[C@@H]1CCNCc1cccc(C)c1. The molecule has 0 aromatic heterocycles. The zero-order valence-corrected chi connectivity index (χ0v) is 14.6. The molecule has 1 aliphatic heterocycles. The smallest absolute Gasteiger partial charge is 0.222 e. The molecule has 3 nitrogen and oxygen atoms in total. The third-order valence-electron chi connectivity index (χ3n) is 4.27. The van der Waals surface area contributed by atoms with Gasteiger partial charge >= 0.3 is 0 Å². The minimum atomic E-state index is 0.352. The van der Waals surface area contributed by atoms with Crippen LogP contribution in [0.1, 0.15) is 36.8 Å². The van der Waals surface area contributed by atoms with Crippen LogP contribution >= 0.6 is 11.8 Å². The third kappa shape index (κ3) is 5.33. The van der Waals surface area contributed by atoms with Gasteiger partial charge < -0.3 is 10.2 Å². The lowest BCUT2D eigenvalue weighted by molar-refractivity contribution is -0.129. The number of carbonyl (C=O) groups excluding carboxylic acids is 1. The number of rotatable bonds is 9. The summed E-state index contributed by atoms with van der Waals surface area (Å²) in [4.78, 5) is 14.1. The van der Waals surface area contributed by atoms with Crippen LogP contribution in [0, 0.1) is 6.92 Å². The van der Waals surface area contributed by atoms with E-state index in [4.69, 9.17) is 0 Å². The summed E-state index contributed by atoms with van der Waals surface area (Å²) in [5, 5.41) is 3.52. The van der Waals surface area contributed by atoms with Gasteiger partial charge in [0.05, 0.1) is 0 Å². The Labute approximate surface area is 138 Å². The lowest BCUT2D eigenvalue weighted by atomic mass is 10.1. The summed E-state index contributed by atoms with van der Waals surface area (Å²) < 4.78 is 0. The number of nitrogens with one attached hydrogen (secondary N) is 1. The second-order valence-electron chi connectivity index (χ2n) is 6.08. The third-order valence-corrected chi connectivity index (χ3v) is 4.96. The molecule has 1 fully saturated rings. The molecule has 22 heavy (non-hydrogen) atoms. The average molecular weight is 321 g/mol. The molecule has 1 heterocycles. The van der Waals surface area contributed by atoms with Crippen molar-refractivity contribution in [1.29, 1.82) is 0 Å². The minimum absolute atomic E-state index is 0.352. The second-order valence-corrected chi connectivity index (χ2v) is 7.07. The van der Waals surface area contributed by atoms with Gasteiger partial charge in [-0.05, 0) is 50.3 Å². The minimum Gasteiger partial charge on any atom is -0.340 e. The first-order valence-corrected chi connectivity index (χ1v) is 9.65. The van der Waals surface area contributed by atoms with Crippen LogP contribution in [0.2, 0.25) is 0 Å². The first-order chi connectivity index (χ1) is 10.7. The standard InChI is InChI=1S/C18H28N2OS/c1-15-5-3-6-16(13-15)14-19-10-9-17-7-8-18(21)20(17)11-4-12-22-2/h3,5-6,13,17,19H,4,7-12,14H2,1-2H3/t17-/m1/s1. The zero-order valence-electron chi connectivity index (χ0n) is 13.8. The highest BCUT2D eigenvalue weighted by atomic mass is 32.2. The highest BCUT2D eigenvalue weighted by Gasteiger charge is 2.29. The Balaban J connectivity index is 1.70. The molecule has 0 bridgehead atoms. The van der Waals surface area contributed by atoms with Gasteiger partial charge in [0.1, 0.15) is 0 Å². The first-order valence-electron chi connectivity index (χ1n) is 8.25. The van der Waals surface area contributed by atoms with Crippen molar-refractivity contribution in [3.63, 3.8) is 0 Å². The van der Waals surface area contributed by atoms with E-state index in [1.165, 1.54) is 11.1 Å². The molecular weight excluding hydrogens is 292 g/mol. The number of carbonyl (C=O) groups is 1. The van der Waals surface area contributed by atoms with Crippen LogP contribution in [-0.2, 0) is 11.3 Å². The van der Waals surface area contributed by atoms with Crippen molar-refractivity contribution >= 4 is 17.7 Å². The van der Waals surface area contributed by atoms with Crippen molar-refractivity contribution in [3.8, 4) is 0 Å². The Morgan fingerprint density at radius 2 is 2.27 bits per heavy atom. The fourth-order valence-electron chi connectivity index (χ4n) is 3.10. The number of benzene rings is 1. The molecular formula is C18H28N2OS. The maximum atomic E-state index is 12.0. The van der Waals surface area contributed by atoms with Crippen molar-refractivity contribution in [3.05, 3.63) is 35.4 Å². The maximum absolute atomic E-state index is 12.0. The van der Waals surface area contributed by atoms with Gasteiger partial charge in [-0.3, -0.25) is 4.79 Å². The summed E-state index contributed by atoms with van der Waals surface area (Å²) in [5.41, 5.74) is 2.64. The highest BCUT2D eigenvalue weighted by molar-refractivity contribution is 7.98. The molecule has 1 aliphatic rings. The summed E-state index contributed by atoms with van der Waals surface area (Å²) in [5.74, 6) is 1.49. The van der Waals surface area contributed by atoms with E-state index in [1.54, 1.807) is 0 Å². The monoisotopic (exact) mass is 320 g/mol. The molecule has 0 radical (unpaired) electrons. The lowest BCUT2D eigenvalue weighted by Crippen LogP contribution is -2.36. The molecule has 2 rings (SSSR count). The van der Waals surface area contributed by atoms with E-state index in [9.17, 15) is 4.79 Å². The molecule has 0 aliphatic carbocycles. The van der Waals surface area contributed by atoms with E-state index in [1.807, 2.05) is 11.8 Å². The molecule has 0 saturated carbocycles. The molecule has 1 atom stereocenters. The summed E-state index contributed by atoms with van der Waals surface area (Å²) in [6.07, 6.45) is 6.07. The Morgan fingerprint density at radius 1 is 1.41 bits per heavy atom. The Morgan fingerprint density at radius 3 is 3.05 bits per heavy atom. The largest absolute Gasteiger partial charge is 0.340 e. The highest BCUT2D eigenvalue weighted by Crippen LogP contribution is 2.21. The number of hydrogen-bond acceptors (Lipinski definition) is 3. The molecule has 122 valence electrons. The van der Waals surface area contributed by atoms with Gasteiger partial charge in [0.25, 0.3) is 0 Å².